The summed E-state index contributed by atoms with van der Waals surface area (Å²) in [7, 11) is 0. The van der Waals surface area contributed by atoms with Gasteiger partial charge in [0.2, 0.25) is 0 Å². The summed E-state index contributed by atoms with van der Waals surface area (Å²) in [5, 5.41) is 0. The predicted molar refractivity (Wildman–Crippen MR) is 114 cm³/mol. The van der Waals surface area contributed by atoms with Gasteiger partial charge in [-0.1, -0.05) is 50.6 Å². The summed E-state index contributed by atoms with van der Waals surface area (Å²) in [6.07, 6.45) is -0.205. The minimum Gasteiger partial charge on any atom is -0.463 e. The van der Waals surface area contributed by atoms with Gasteiger partial charge < -0.3 is 9.47 Å². The molecule has 0 aliphatic rings. The second-order valence-electron chi connectivity index (χ2n) is 8.52. The van der Waals surface area contributed by atoms with Crippen molar-refractivity contribution in [2.24, 2.45) is 5.41 Å². The first-order valence-electron chi connectivity index (χ1n) is 9.97. The molecular weight excluding hydrogens is 366 g/mol. The van der Waals surface area contributed by atoms with E-state index < -0.39 is 18.0 Å². The van der Waals surface area contributed by atoms with Gasteiger partial charge in [0.05, 0.1) is 17.9 Å². The van der Waals surface area contributed by atoms with Crippen molar-refractivity contribution in [2.75, 3.05) is 6.61 Å². The Hall–Kier alpha value is -2.69. The molecule has 5 heteroatoms. The van der Waals surface area contributed by atoms with Crippen LogP contribution >= 0.6 is 0 Å². The molecule has 0 radical (unpaired) electrons. The van der Waals surface area contributed by atoms with Crippen LogP contribution in [0.2, 0.25) is 0 Å². The maximum absolute atomic E-state index is 13.0. The van der Waals surface area contributed by atoms with Gasteiger partial charge >= 0.3 is 11.9 Å². The average molecular weight is 398 g/mol. The van der Waals surface area contributed by atoms with E-state index in [1.807, 2.05) is 37.3 Å². The molecule has 1 atom stereocenters. The maximum Gasteiger partial charge on any atom is 0.347 e. The van der Waals surface area contributed by atoms with Crippen LogP contribution in [-0.2, 0) is 20.7 Å². The van der Waals surface area contributed by atoms with Crippen LogP contribution in [0.3, 0.4) is 0 Å². The number of carbonyl (C=O) groups is 2. The summed E-state index contributed by atoms with van der Waals surface area (Å²) in [6, 6.07) is 9.93. The number of hydrogen-bond acceptors (Lipinski definition) is 5. The highest BCUT2D eigenvalue weighted by atomic mass is 16.6. The van der Waals surface area contributed by atoms with Gasteiger partial charge in [-0.25, -0.2) is 9.59 Å². The van der Waals surface area contributed by atoms with E-state index in [9.17, 15) is 9.59 Å². The Morgan fingerprint density at radius 2 is 1.72 bits per heavy atom. The standard InChI is InChI=1S/C24H31NO4/c1-8-28-22(26)17(4)29-23(27)21-16(3)25-19(14-24(5,6)7)13-20(21)18-11-9-15(2)10-12-18/h9-13,17H,8,14H2,1-7H3. The highest BCUT2D eigenvalue weighted by Gasteiger charge is 2.25. The Kier molecular flexibility index (Phi) is 7.17. The van der Waals surface area contributed by atoms with Gasteiger partial charge in [0.15, 0.2) is 6.10 Å². The lowest BCUT2D eigenvalue weighted by molar-refractivity contribution is -0.152. The van der Waals surface area contributed by atoms with Crippen LogP contribution < -0.4 is 0 Å². The fraction of sp³-hybridized carbons (Fsp3) is 0.458. The van der Waals surface area contributed by atoms with Crippen LogP contribution in [0.5, 0.6) is 0 Å². The van der Waals surface area contributed by atoms with Crippen molar-refractivity contribution in [2.45, 2.75) is 61.0 Å². The van der Waals surface area contributed by atoms with Crippen molar-refractivity contribution < 1.29 is 19.1 Å². The molecule has 0 aliphatic carbocycles. The SMILES string of the molecule is CCOC(=O)C(C)OC(=O)c1c(-c2ccc(C)cc2)cc(CC(C)(C)C)nc1C. The first-order chi connectivity index (χ1) is 13.5. The van der Waals surface area contributed by atoms with E-state index in [0.29, 0.717) is 11.3 Å². The van der Waals surface area contributed by atoms with Gasteiger partial charge in [0.25, 0.3) is 0 Å². The molecule has 0 fully saturated rings. The number of ether oxygens (including phenoxy) is 2. The highest BCUT2D eigenvalue weighted by molar-refractivity contribution is 5.99. The molecule has 2 rings (SSSR count). The van der Waals surface area contributed by atoms with Gasteiger partial charge in [-0.15, -0.1) is 0 Å². The number of esters is 2. The zero-order valence-corrected chi connectivity index (χ0v) is 18.5. The number of rotatable bonds is 6. The zero-order chi connectivity index (χ0) is 21.8. The number of hydrogen-bond donors (Lipinski definition) is 0. The lowest BCUT2D eigenvalue weighted by atomic mass is 9.88. The average Bonchev–Trinajstić information content (AvgIpc) is 2.60. The molecule has 156 valence electrons. The number of aryl methyl sites for hydroxylation is 2. The van der Waals surface area contributed by atoms with E-state index in [2.05, 4.69) is 25.8 Å². The van der Waals surface area contributed by atoms with Gasteiger partial charge in [0.1, 0.15) is 0 Å². The Balaban J connectivity index is 2.50. The normalized spacial score (nSPS) is 12.4. The molecule has 1 aromatic heterocycles. The molecule has 2 aromatic rings. The second kappa shape index (κ2) is 9.21. The number of benzene rings is 1. The van der Waals surface area contributed by atoms with Gasteiger partial charge in [0, 0.05) is 5.69 Å². The molecule has 0 aliphatic heterocycles. The lowest BCUT2D eigenvalue weighted by Crippen LogP contribution is -2.27. The topological polar surface area (TPSA) is 65.5 Å². The summed E-state index contributed by atoms with van der Waals surface area (Å²) < 4.78 is 10.3. The van der Waals surface area contributed by atoms with E-state index in [1.54, 1.807) is 13.8 Å². The molecule has 0 saturated carbocycles. The summed E-state index contributed by atoms with van der Waals surface area (Å²) >= 11 is 0. The van der Waals surface area contributed by atoms with Crippen LogP contribution in [0.25, 0.3) is 11.1 Å². The largest absolute Gasteiger partial charge is 0.463 e. The lowest BCUT2D eigenvalue weighted by Gasteiger charge is -2.20. The quantitative estimate of drug-likeness (QED) is 0.637. The fourth-order valence-electron chi connectivity index (χ4n) is 3.12. The van der Waals surface area contributed by atoms with Gasteiger partial charge in [-0.2, -0.15) is 0 Å². The molecule has 1 aromatic carbocycles. The van der Waals surface area contributed by atoms with Crippen molar-refractivity contribution in [1.29, 1.82) is 0 Å². The zero-order valence-electron chi connectivity index (χ0n) is 18.5. The van der Waals surface area contributed by atoms with E-state index >= 15 is 0 Å². The first-order valence-corrected chi connectivity index (χ1v) is 9.97. The monoisotopic (exact) mass is 397 g/mol. The van der Waals surface area contributed by atoms with Crippen LogP contribution in [0.15, 0.2) is 30.3 Å². The number of pyridine rings is 1. The molecule has 5 nitrogen and oxygen atoms in total. The maximum atomic E-state index is 13.0. The molecule has 1 heterocycles. The molecular formula is C24H31NO4. The summed E-state index contributed by atoms with van der Waals surface area (Å²) in [6.45, 7) is 13.7. The number of carbonyl (C=O) groups excluding carboxylic acids is 2. The van der Waals surface area contributed by atoms with Crippen LogP contribution in [0.1, 0.15) is 61.9 Å². The molecule has 29 heavy (non-hydrogen) atoms. The van der Waals surface area contributed by atoms with Crippen molar-refractivity contribution in [3.8, 4) is 11.1 Å². The molecule has 0 N–H and O–H groups in total. The number of nitrogens with zero attached hydrogens (tertiary/aromatic N) is 1. The van der Waals surface area contributed by atoms with Gasteiger partial charge in [-0.05, 0) is 56.7 Å². The summed E-state index contributed by atoms with van der Waals surface area (Å²) in [4.78, 5) is 29.5. The first kappa shape index (κ1) is 22.6. The van der Waals surface area contributed by atoms with E-state index in [4.69, 9.17) is 9.47 Å². The smallest absolute Gasteiger partial charge is 0.347 e. The minimum atomic E-state index is -0.984. The predicted octanol–water partition coefficient (Wildman–Crippen LogP) is 5.06. The fourth-order valence-corrected chi connectivity index (χ4v) is 3.12. The third kappa shape index (κ3) is 6.14. The summed E-state index contributed by atoms with van der Waals surface area (Å²) in [5.41, 5.74) is 4.75. The Morgan fingerprint density at radius 3 is 2.28 bits per heavy atom. The highest BCUT2D eigenvalue weighted by Crippen LogP contribution is 2.30. The Labute approximate surface area is 173 Å². The van der Waals surface area contributed by atoms with Crippen molar-refractivity contribution in [3.63, 3.8) is 0 Å². The molecule has 0 amide bonds. The van der Waals surface area contributed by atoms with Crippen molar-refractivity contribution in [3.05, 3.63) is 52.8 Å². The summed E-state index contributed by atoms with van der Waals surface area (Å²) in [5.74, 6) is -1.14. The molecule has 1 unspecified atom stereocenters. The third-order valence-corrected chi connectivity index (χ3v) is 4.43. The van der Waals surface area contributed by atoms with E-state index in [0.717, 1.165) is 28.8 Å². The van der Waals surface area contributed by atoms with Crippen LogP contribution in [-0.4, -0.2) is 29.6 Å². The minimum absolute atomic E-state index is 0.0600. The molecule has 0 bridgehead atoms. The Bertz CT molecular complexity index is 879. The third-order valence-electron chi connectivity index (χ3n) is 4.43. The van der Waals surface area contributed by atoms with Crippen LogP contribution in [0, 0.1) is 19.3 Å². The number of aromatic nitrogens is 1. The van der Waals surface area contributed by atoms with Gasteiger partial charge in [-0.3, -0.25) is 4.98 Å². The van der Waals surface area contributed by atoms with E-state index in [-0.39, 0.29) is 12.0 Å². The van der Waals surface area contributed by atoms with Crippen LogP contribution in [0.4, 0.5) is 0 Å². The van der Waals surface area contributed by atoms with Crippen molar-refractivity contribution in [1.82, 2.24) is 4.98 Å². The molecule has 0 spiro atoms. The van der Waals surface area contributed by atoms with E-state index in [1.165, 1.54) is 6.92 Å². The second-order valence-corrected chi connectivity index (χ2v) is 8.52. The van der Waals surface area contributed by atoms with Crippen molar-refractivity contribution >= 4 is 11.9 Å². The Morgan fingerprint density at radius 1 is 1.10 bits per heavy atom. The molecule has 0 saturated heterocycles.